The van der Waals surface area contributed by atoms with Gasteiger partial charge in [0.15, 0.2) is 17.7 Å². The number of ether oxygens (including phenoxy) is 1. The standard InChI is InChI=1S/C17H20N6O3S/c1-9(10-4-2-3-5-19-10)27-6-11-13(24)14(25)17(26-11)23-8-22-12-15(18)20-7-21-16(12)23/h2-5,7-9,11,13-14,17,24-25H,6H2,1H3,(H2,18,20,21)/t9?,11-,13-,14-,17-/m1/s1. The number of aromatic nitrogens is 5. The second-order valence-corrected chi connectivity index (χ2v) is 7.73. The van der Waals surface area contributed by atoms with Gasteiger partial charge in [0, 0.05) is 17.2 Å². The van der Waals surface area contributed by atoms with Crippen molar-refractivity contribution in [2.24, 2.45) is 0 Å². The van der Waals surface area contributed by atoms with Crippen molar-refractivity contribution in [3.8, 4) is 0 Å². The summed E-state index contributed by atoms with van der Waals surface area (Å²) >= 11 is 1.61. The van der Waals surface area contributed by atoms with Crippen LogP contribution in [0.4, 0.5) is 5.82 Å². The number of aliphatic hydroxyl groups is 2. The molecule has 27 heavy (non-hydrogen) atoms. The first-order valence-corrected chi connectivity index (χ1v) is 9.58. The molecule has 142 valence electrons. The van der Waals surface area contributed by atoms with E-state index in [4.69, 9.17) is 10.5 Å². The topological polar surface area (TPSA) is 132 Å². The summed E-state index contributed by atoms with van der Waals surface area (Å²) in [6, 6.07) is 5.78. The third-order valence-electron chi connectivity index (χ3n) is 4.61. The van der Waals surface area contributed by atoms with Gasteiger partial charge in [-0.3, -0.25) is 9.55 Å². The maximum absolute atomic E-state index is 10.5. The lowest BCUT2D eigenvalue weighted by Crippen LogP contribution is -2.32. The first kappa shape index (κ1) is 18.1. The van der Waals surface area contributed by atoms with E-state index < -0.39 is 24.5 Å². The van der Waals surface area contributed by atoms with Crippen LogP contribution >= 0.6 is 11.8 Å². The zero-order valence-electron chi connectivity index (χ0n) is 14.6. The molecule has 3 aromatic heterocycles. The predicted molar refractivity (Wildman–Crippen MR) is 101 cm³/mol. The van der Waals surface area contributed by atoms with Crippen molar-refractivity contribution >= 4 is 28.7 Å². The Morgan fingerprint density at radius 3 is 2.85 bits per heavy atom. The third kappa shape index (κ3) is 3.36. The molecule has 0 aliphatic carbocycles. The lowest BCUT2D eigenvalue weighted by molar-refractivity contribution is -0.0289. The molecular formula is C17H20N6O3S. The van der Waals surface area contributed by atoms with Crippen molar-refractivity contribution in [2.45, 2.75) is 36.7 Å². The van der Waals surface area contributed by atoms with Crippen LogP contribution in [0.25, 0.3) is 11.2 Å². The molecular weight excluding hydrogens is 368 g/mol. The number of fused-ring (bicyclic) bond motifs is 1. The summed E-state index contributed by atoms with van der Waals surface area (Å²) in [4.78, 5) is 16.6. The van der Waals surface area contributed by atoms with Crippen LogP contribution in [0.5, 0.6) is 0 Å². The fraction of sp³-hybridized carbons (Fsp3) is 0.412. The number of anilines is 1. The maximum atomic E-state index is 10.5. The van der Waals surface area contributed by atoms with Crippen molar-refractivity contribution in [3.63, 3.8) is 0 Å². The number of pyridine rings is 1. The van der Waals surface area contributed by atoms with Crippen LogP contribution in [0.1, 0.15) is 24.1 Å². The van der Waals surface area contributed by atoms with E-state index in [0.717, 1.165) is 5.69 Å². The van der Waals surface area contributed by atoms with Crippen molar-refractivity contribution in [2.75, 3.05) is 11.5 Å². The number of hydrogen-bond donors (Lipinski definition) is 3. The van der Waals surface area contributed by atoms with E-state index in [1.807, 2.05) is 25.1 Å². The summed E-state index contributed by atoms with van der Waals surface area (Å²) in [5.74, 6) is 0.763. The van der Waals surface area contributed by atoms with E-state index >= 15 is 0 Å². The molecule has 10 heteroatoms. The van der Waals surface area contributed by atoms with E-state index in [-0.39, 0.29) is 11.1 Å². The van der Waals surface area contributed by atoms with Gasteiger partial charge in [-0.2, -0.15) is 0 Å². The highest BCUT2D eigenvalue weighted by atomic mass is 32.2. The normalized spacial score (nSPS) is 26.5. The van der Waals surface area contributed by atoms with Crippen LogP contribution in [0.2, 0.25) is 0 Å². The van der Waals surface area contributed by atoms with Gasteiger partial charge in [0.1, 0.15) is 24.1 Å². The van der Waals surface area contributed by atoms with E-state index in [9.17, 15) is 10.2 Å². The van der Waals surface area contributed by atoms with E-state index in [2.05, 4.69) is 19.9 Å². The zero-order chi connectivity index (χ0) is 19.0. The van der Waals surface area contributed by atoms with Gasteiger partial charge in [0.25, 0.3) is 0 Å². The SMILES string of the molecule is CC(SC[C@H]1O[C@@H](n2cnc3c(N)ncnc32)[C@H](O)[C@@H]1O)c1ccccn1. The minimum Gasteiger partial charge on any atom is -0.387 e. The van der Waals surface area contributed by atoms with Crippen LogP contribution in [-0.4, -0.2) is 58.8 Å². The first-order valence-electron chi connectivity index (χ1n) is 8.53. The molecule has 0 radical (unpaired) electrons. The summed E-state index contributed by atoms with van der Waals surface area (Å²) in [7, 11) is 0. The van der Waals surface area contributed by atoms with Gasteiger partial charge in [-0.1, -0.05) is 6.07 Å². The molecule has 4 rings (SSSR count). The fourth-order valence-electron chi connectivity index (χ4n) is 3.09. The number of nitrogen functional groups attached to an aromatic ring is 1. The predicted octanol–water partition coefficient (Wildman–Crippen LogP) is 0.917. The van der Waals surface area contributed by atoms with E-state index in [1.54, 1.807) is 22.5 Å². The second-order valence-electron chi connectivity index (χ2n) is 6.36. The highest BCUT2D eigenvalue weighted by molar-refractivity contribution is 7.99. The zero-order valence-corrected chi connectivity index (χ0v) is 15.4. The highest BCUT2D eigenvalue weighted by Gasteiger charge is 2.44. The Balaban J connectivity index is 1.48. The summed E-state index contributed by atoms with van der Waals surface area (Å²) in [5, 5.41) is 21.1. The minimum atomic E-state index is -1.10. The lowest BCUT2D eigenvalue weighted by Gasteiger charge is -2.17. The Hall–Kier alpha value is -2.27. The van der Waals surface area contributed by atoms with Gasteiger partial charge in [0.2, 0.25) is 0 Å². The molecule has 4 heterocycles. The molecule has 3 aromatic rings. The molecule has 0 bridgehead atoms. The number of hydrogen-bond acceptors (Lipinski definition) is 9. The monoisotopic (exact) mass is 388 g/mol. The Morgan fingerprint density at radius 1 is 1.22 bits per heavy atom. The summed E-state index contributed by atoms with van der Waals surface area (Å²) < 4.78 is 7.52. The number of aliphatic hydroxyl groups excluding tert-OH is 2. The number of nitrogens with two attached hydrogens (primary N) is 1. The van der Waals surface area contributed by atoms with Gasteiger partial charge in [0.05, 0.1) is 18.1 Å². The molecule has 1 saturated heterocycles. The van der Waals surface area contributed by atoms with Gasteiger partial charge in [-0.25, -0.2) is 15.0 Å². The van der Waals surface area contributed by atoms with E-state index in [1.165, 1.54) is 12.7 Å². The van der Waals surface area contributed by atoms with Gasteiger partial charge in [-0.05, 0) is 19.1 Å². The van der Waals surface area contributed by atoms with Crippen molar-refractivity contribution < 1.29 is 14.9 Å². The van der Waals surface area contributed by atoms with Crippen LogP contribution in [0.3, 0.4) is 0 Å². The number of nitrogens with zero attached hydrogens (tertiary/aromatic N) is 5. The van der Waals surface area contributed by atoms with Crippen LogP contribution in [-0.2, 0) is 4.74 Å². The van der Waals surface area contributed by atoms with Crippen LogP contribution < -0.4 is 5.73 Å². The van der Waals surface area contributed by atoms with Crippen LogP contribution in [0, 0.1) is 0 Å². The number of rotatable bonds is 5. The Morgan fingerprint density at radius 2 is 2.07 bits per heavy atom. The van der Waals surface area contributed by atoms with Crippen LogP contribution in [0.15, 0.2) is 37.1 Å². The molecule has 5 atom stereocenters. The molecule has 1 fully saturated rings. The minimum absolute atomic E-state index is 0.139. The molecule has 0 spiro atoms. The molecule has 0 amide bonds. The lowest BCUT2D eigenvalue weighted by atomic mass is 10.1. The molecule has 1 unspecified atom stereocenters. The van der Waals surface area contributed by atoms with Crippen molar-refractivity contribution in [1.29, 1.82) is 0 Å². The van der Waals surface area contributed by atoms with E-state index in [0.29, 0.717) is 16.9 Å². The van der Waals surface area contributed by atoms with Crippen molar-refractivity contribution in [1.82, 2.24) is 24.5 Å². The summed E-state index contributed by atoms with van der Waals surface area (Å²) in [6.45, 7) is 2.05. The maximum Gasteiger partial charge on any atom is 0.167 e. The molecule has 4 N–H and O–H groups in total. The molecule has 0 aromatic carbocycles. The molecule has 0 saturated carbocycles. The third-order valence-corrected chi connectivity index (χ3v) is 5.88. The average Bonchev–Trinajstić information content (AvgIpc) is 3.23. The smallest absolute Gasteiger partial charge is 0.167 e. The van der Waals surface area contributed by atoms with Gasteiger partial charge < -0.3 is 20.7 Å². The summed E-state index contributed by atoms with van der Waals surface area (Å²) in [6.07, 6.45) is 1.13. The Kier molecular flexibility index (Phi) is 4.96. The fourth-order valence-corrected chi connectivity index (χ4v) is 4.16. The van der Waals surface area contributed by atoms with Gasteiger partial charge in [-0.15, -0.1) is 11.8 Å². The first-order chi connectivity index (χ1) is 13.1. The molecule has 9 nitrogen and oxygen atoms in total. The second kappa shape index (κ2) is 7.39. The van der Waals surface area contributed by atoms with Crippen molar-refractivity contribution in [3.05, 3.63) is 42.7 Å². The molecule has 1 aliphatic rings. The molecule has 1 aliphatic heterocycles. The largest absolute Gasteiger partial charge is 0.387 e. The quantitative estimate of drug-likeness (QED) is 0.583. The number of imidazole rings is 1. The summed E-state index contributed by atoms with van der Waals surface area (Å²) in [5.41, 5.74) is 7.65. The highest BCUT2D eigenvalue weighted by Crippen LogP contribution is 2.36. The number of thioether (sulfide) groups is 1. The Labute approximate surface area is 159 Å². The van der Waals surface area contributed by atoms with Gasteiger partial charge >= 0.3 is 0 Å². The Bertz CT molecular complexity index is 923. The average molecular weight is 388 g/mol.